The van der Waals surface area contributed by atoms with Crippen LogP contribution >= 0.6 is 0 Å². The molecule has 1 atom stereocenters. The Labute approximate surface area is 107 Å². The number of rotatable bonds is 5. The predicted octanol–water partition coefficient (Wildman–Crippen LogP) is 2.69. The lowest BCUT2D eigenvalue weighted by atomic mass is 10.2. The minimum atomic E-state index is 0.165. The van der Waals surface area contributed by atoms with E-state index in [9.17, 15) is 0 Å². The zero-order chi connectivity index (χ0) is 13.0. The molecule has 2 aromatic rings. The Morgan fingerprint density at radius 2 is 2.06 bits per heavy atom. The number of fused-ring (bicyclic) bond motifs is 1. The number of hydrogen-bond donors (Lipinski definition) is 1. The molecule has 1 N–H and O–H groups in total. The third-order valence-electron chi connectivity index (χ3n) is 2.87. The van der Waals surface area contributed by atoms with Gasteiger partial charge in [-0.1, -0.05) is 0 Å². The van der Waals surface area contributed by atoms with Crippen LogP contribution in [0.5, 0.6) is 5.75 Å². The van der Waals surface area contributed by atoms with Crippen molar-refractivity contribution in [3.63, 3.8) is 0 Å². The van der Waals surface area contributed by atoms with Gasteiger partial charge in [-0.2, -0.15) is 0 Å². The lowest BCUT2D eigenvalue weighted by Crippen LogP contribution is -2.18. The Kier molecular flexibility index (Phi) is 3.99. The second kappa shape index (κ2) is 5.69. The van der Waals surface area contributed by atoms with E-state index >= 15 is 0 Å². The van der Waals surface area contributed by atoms with E-state index in [0.717, 1.165) is 29.0 Å². The van der Waals surface area contributed by atoms with Crippen LogP contribution in [-0.4, -0.2) is 31.9 Å². The van der Waals surface area contributed by atoms with Gasteiger partial charge in [-0.3, -0.25) is 0 Å². The fourth-order valence-electron chi connectivity index (χ4n) is 1.66. The van der Waals surface area contributed by atoms with E-state index in [1.165, 1.54) is 0 Å². The maximum atomic E-state index is 5.19. The van der Waals surface area contributed by atoms with E-state index in [4.69, 9.17) is 9.47 Å². The summed E-state index contributed by atoms with van der Waals surface area (Å²) in [5.41, 5.74) is 0.950. The molecular formula is C14H18N2O2. The molecule has 4 nitrogen and oxygen atoms in total. The summed E-state index contributed by atoms with van der Waals surface area (Å²) in [6.07, 6.45) is 0.165. The first-order valence-electron chi connectivity index (χ1n) is 5.94. The Hall–Kier alpha value is -1.81. The van der Waals surface area contributed by atoms with Crippen LogP contribution in [0.15, 0.2) is 30.3 Å². The van der Waals surface area contributed by atoms with Crippen molar-refractivity contribution in [2.24, 2.45) is 0 Å². The normalized spacial score (nSPS) is 12.4. The molecule has 0 aliphatic carbocycles. The van der Waals surface area contributed by atoms with Crippen LogP contribution in [0.3, 0.4) is 0 Å². The second-order valence-electron chi connectivity index (χ2n) is 4.18. The summed E-state index contributed by atoms with van der Waals surface area (Å²) in [7, 11) is 3.36. The Bertz CT molecular complexity index is 528. The van der Waals surface area contributed by atoms with Crippen LogP contribution in [0.4, 0.5) is 5.82 Å². The van der Waals surface area contributed by atoms with E-state index in [-0.39, 0.29) is 6.10 Å². The van der Waals surface area contributed by atoms with Gasteiger partial charge < -0.3 is 14.8 Å². The van der Waals surface area contributed by atoms with Crippen molar-refractivity contribution in [2.75, 3.05) is 26.1 Å². The van der Waals surface area contributed by atoms with Gasteiger partial charge in [-0.25, -0.2) is 4.98 Å². The van der Waals surface area contributed by atoms with Gasteiger partial charge in [-0.15, -0.1) is 0 Å². The van der Waals surface area contributed by atoms with Gasteiger partial charge in [0, 0.05) is 19.0 Å². The van der Waals surface area contributed by atoms with E-state index in [1.54, 1.807) is 14.2 Å². The van der Waals surface area contributed by atoms with Gasteiger partial charge in [-0.05, 0) is 37.3 Å². The van der Waals surface area contributed by atoms with Crippen LogP contribution < -0.4 is 10.1 Å². The number of nitrogens with one attached hydrogen (secondary N) is 1. The number of benzene rings is 1. The standard InChI is InChI=1S/C14H18N2O2/c1-10(17-2)9-15-14-7-4-11-8-12(18-3)5-6-13(11)16-14/h4-8,10H,9H2,1-3H3,(H,15,16). The predicted molar refractivity (Wildman–Crippen MR) is 73.3 cm³/mol. The molecule has 0 radical (unpaired) electrons. The van der Waals surface area contributed by atoms with Gasteiger partial charge in [0.25, 0.3) is 0 Å². The molecule has 1 aromatic carbocycles. The number of methoxy groups -OCH3 is 2. The first kappa shape index (κ1) is 12.6. The van der Waals surface area contributed by atoms with Gasteiger partial charge >= 0.3 is 0 Å². The SMILES string of the molecule is COc1ccc2nc(NCC(C)OC)ccc2c1. The first-order valence-corrected chi connectivity index (χ1v) is 5.94. The lowest BCUT2D eigenvalue weighted by Gasteiger charge is -2.11. The van der Waals surface area contributed by atoms with E-state index < -0.39 is 0 Å². The van der Waals surface area contributed by atoms with Gasteiger partial charge in [0.15, 0.2) is 0 Å². The van der Waals surface area contributed by atoms with Crippen LogP contribution in [0.1, 0.15) is 6.92 Å². The fourth-order valence-corrected chi connectivity index (χ4v) is 1.66. The summed E-state index contributed by atoms with van der Waals surface area (Å²) in [6, 6.07) is 9.84. The molecular weight excluding hydrogens is 228 g/mol. The minimum Gasteiger partial charge on any atom is -0.497 e. The number of hydrogen-bond acceptors (Lipinski definition) is 4. The van der Waals surface area contributed by atoms with Gasteiger partial charge in [0.05, 0.1) is 18.7 Å². The average Bonchev–Trinajstić information content (AvgIpc) is 2.43. The van der Waals surface area contributed by atoms with Crippen LogP contribution in [0, 0.1) is 0 Å². The van der Waals surface area contributed by atoms with Crippen molar-refractivity contribution in [1.29, 1.82) is 0 Å². The molecule has 1 unspecified atom stereocenters. The minimum absolute atomic E-state index is 0.165. The number of aromatic nitrogens is 1. The molecule has 0 fully saturated rings. The molecule has 1 aromatic heterocycles. The van der Waals surface area contributed by atoms with Crippen LogP contribution in [-0.2, 0) is 4.74 Å². The Morgan fingerprint density at radius 1 is 1.22 bits per heavy atom. The molecule has 0 aliphatic rings. The summed E-state index contributed by atoms with van der Waals surface area (Å²) in [5.74, 6) is 1.70. The quantitative estimate of drug-likeness (QED) is 0.881. The Morgan fingerprint density at radius 3 is 2.78 bits per heavy atom. The lowest BCUT2D eigenvalue weighted by molar-refractivity contribution is 0.128. The molecule has 1 heterocycles. The smallest absolute Gasteiger partial charge is 0.126 e. The molecule has 0 amide bonds. The topological polar surface area (TPSA) is 43.4 Å². The molecule has 0 spiro atoms. The monoisotopic (exact) mass is 246 g/mol. The van der Waals surface area contributed by atoms with Crippen molar-refractivity contribution in [1.82, 2.24) is 4.98 Å². The molecule has 0 aliphatic heterocycles. The second-order valence-corrected chi connectivity index (χ2v) is 4.18. The summed E-state index contributed by atoms with van der Waals surface area (Å²) in [5, 5.41) is 4.32. The maximum absolute atomic E-state index is 5.19. The fraction of sp³-hybridized carbons (Fsp3) is 0.357. The summed E-state index contributed by atoms with van der Waals surface area (Å²) in [4.78, 5) is 4.53. The van der Waals surface area contributed by atoms with E-state index in [2.05, 4.69) is 10.3 Å². The Balaban J connectivity index is 2.17. The first-order chi connectivity index (χ1) is 8.72. The summed E-state index contributed by atoms with van der Waals surface area (Å²) >= 11 is 0. The molecule has 2 rings (SSSR count). The van der Waals surface area contributed by atoms with Crippen molar-refractivity contribution in [2.45, 2.75) is 13.0 Å². The van der Waals surface area contributed by atoms with E-state index in [0.29, 0.717) is 0 Å². The zero-order valence-electron chi connectivity index (χ0n) is 10.9. The molecule has 0 bridgehead atoms. The largest absolute Gasteiger partial charge is 0.497 e. The number of ether oxygens (including phenoxy) is 2. The highest BCUT2D eigenvalue weighted by molar-refractivity contribution is 5.81. The highest BCUT2D eigenvalue weighted by Gasteiger charge is 2.02. The number of anilines is 1. The van der Waals surface area contributed by atoms with Crippen molar-refractivity contribution in [3.05, 3.63) is 30.3 Å². The van der Waals surface area contributed by atoms with E-state index in [1.807, 2.05) is 37.3 Å². The summed E-state index contributed by atoms with van der Waals surface area (Å²) in [6.45, 7) is 2.75. The molecule has 0 saturated heterocycles. The molecule has 18 heavy (non-hydrogen) atoms. The third kappa shape index (κ3) is 2.90. The third-order valence-corrected chi connectivity index (χ3v) is 2.87. The summed E-state index contributed by atoms with van der Waals surface area (Å²) < 4.78 is 10.4. The van der Waals surface area contributed by atoms with Crippen LogP contribution in [0.25, 0.3) is 10.9 Å². The average molecular weight is 246 g/mol. The van der Waals surface area contributed by atoms with Crippen molar-refractivity contribution in [3.8, 4) is 5.75 Å². The van der Waals surface area contributed by atoms with Crippen molar-refractivity contribution < 1.29 is 9.47 Å². The molecule has 96 valence electrons. The zero-order valence-corrected chi connectivity index (χ0v) is 10.9. The van der Waals surface area contributed by atoms with Crippen molar-refractivity contribution >= 4 is 16.7 Å². The van der Waals surface area contributed by atoms with Gasteiger partial charge in [0.1, 0.15) is 11.6 Å². The highest BCUT2D eigenvalue weighted by atomic mass is 16.5. The molecule has 0 saturated carbocycles. The van der Waals surface area contributed by atoms with Gasteiger partial charge in [0.2, 0.25) is 0 Å². The highest BCUT2D eigenvalue weighted by Crippen LogP contribution is 2.20. The number of nitrogens with zero attached hydrogens (tertiary/aromatic N) is 1. The maximum Gasteiger partial charge on any atom is 0.126 e. The molecule has 4 heteroatoms. The van der Waals surface area contributed by atoms with Crippen LogP contribution in [0.2, 0.25) is 0 Å². The number of pyridine rings is 1.